The molecule has 0 bridgehead atoms. The van der Waals surface area contributed by atoms with Crippen molar-refractivity contribution in [3.05, 3.63) is 34.1 Å². The van der Waals surface area contributed by atoms with Gasteiger partial charge in [0.1, 0.15) is 5.82 Å². The van der Waals surface area contributed by atoms with Crippen LogP contribution in [0.2, 0.25) is 0 Å². The molecule has 1 aromatic rings. The van der Waals surface area contributed by atoms with E-state index < -0.39 is 0 Å². The first-order valence-electron chi connectivity index (χ1n) is 6.48. The second-order valence-corrected chi connectivity index (χ2v) is 5.99. The van der Waals surface area contributed by atoms with Crippen LogP contribution in [0.25, 0.3) is 0 Å². The van der Waals surface area contributed by atoms with Gasteiger partial charge in [0.25, 0.3) is 0 Å². The van der Waals surface area contributed by atoms with Crippen LogP contribution in [0.15, 0.2) is 22.7 Å². The average Bonchev–Trinajstić information content (AvgIpc) is 2.35. The zero-order valence-electron chi connectivity index (χ0n) is 10.8. The van der Waals surface area contributed by atoms with Gasteiger partial charge in [-0.3, -0.25) is 0 Å². The molecule has 18 heavy (non-hydrogen) atoms. The molecule has 1 N–H and O–H groups in total. The second-order valence-electron chi connectivity index (χ2n) is 5.14. The van der Waals surface area contributed by atoms with Gasteiger partial charge in [-0.25, -0.2) is 4.39 Å². The minimum absolute atomic E-state index is 0.195. The van der Waals surface area contributed by atoms with Crippen LogP contribution >= 0.6 is 15.9 Å². The highest BCUT2D eigenvalue weighted by molar-refractivity contribution is 9.10. The number of hydrogen-bond donors (Lipinski definition) is 1. The lowest BCUT2D eigenvalue weighted by atomic mass is 9.97. The van der Waals surface area contributed by atoms with E-state index in [4.69, 9.17) is 0 Å². The van der Waals surface area contributed by atoms with Crippen molar-refractivity contribution in [2.45, 2.75) is 19.4 Å². The standard InChI is InChI=1S/C14H20BrFN2/c1-18(9-11-4-6-17-7-5-11)10-12-2-3-14(16)13(15)8-12/h2-3,8,11,17H,4-7,9-10H2,1H3. The molecular formula is C14H20BrFN2. The molecule has 0 amide bonds. The normalized spacial score (nSPS) is 17.3. The number of rotatable bonds is 4. The Morgan fingerprint density at radius 3 is 2.78 bits per heavy atom. The van der Waals surface area contributed by atoms with E-state index in [1.54, 1.807) is 0 Å². The third-order valence-electron chi connectivity index (χ3n) is 3.47. The summed E-state index contributed by atoms with van der Waals surface area (Å²) in [4.78, 5) is 2.33. The van der Waals surface area contributed by atoms with Crippen molar-refractivity contribution >= 4 is 15.9 Å². The van der Waals surface area contributed by atoms with Crippen LogP contribution < -0.4 is 5.32 Å². The summed E-state index contributed by atoms with van der Waals surface area (Å²) in [5.41, 5.74) is 1.15. The lowest BCUT2D eigenvalue weighted by Crippen LogP contribution is -2.34. The molecule has 0 unspecified atom stereocenters. The molecule has 1 aliphatic rings. The van der Waals surface area contributed by atoms with Crippen LogP contribution in [-0.2, 0) is 6.54 Å². The molecule has 2 rings (SSSR count). The second kappa shape index (κ2) is 6.64. The maximum atomic E-state index is 13.1. The molecular weight excluding hydrogens is 295 g/mol. The largest absolute Gasteiger partial charge is 0.317 e. The minimum Gasteiger partial charge on any atom is -0.317 e. The van der Waals surface area contributed by atoms with Crippen molar-refractivity contribution < 1.29 is 4.39 Å². The lowest BCUT2D eigenvalue weighted by molar-refractivity contribution is 0.234. The molecule has 2 nitrogen and oxygen atoms in total. The van der Waals surface area contributed by atoms with Crippen LogP contribution in [0.3, 0.4) is 0 Å². The van der Waals surface area contributed by atoms with E-state index in [0.717, 1.165) is 37.7 Å². The number of hydrogen-bond acceptors (Lipinski definition) is 2. The number of halogens is 2. The summed E-state index contributed by atoms with van der Waals surface area (Å²) < 4.78 is 13.7. The van der Waals surface area contributed by atoms with Crippen LogP contribution in [0, 0.1) is 11.7 Å². The molecule has 1 heterocycles. The molecule has 1 fully saturated rings. The quantitative estimate of drug-likeness (QED) is 0.919. The molecule has 1 aliphatic heterocycles. The minimum atomic E-state index is -0.195. The number of nitrogens with one attached hydrogen (secondary N) is 1. The first-order valence-corrected chi connectivity index (χ1v) is 7.27. The molecule has 0 radical (unpaired) electrons. The highest BCUT2D eigenvalue weighted by Crippen LogP contribution is 2.19. The fourth-order valence-electron chi connectivity index (χ4n) is 2.52. The van der Waals surface area contributed by atoms with E-state index in [9.17, 15) is 4.39 Å². The predicted octanol–water partition coefficient (Wildman–Crippen LogP) is 3.02. The molecule has 0 saturated carbocycles. The van der Waals surface area contributed by atoms with Gasteiger partial charge in [0, 0.05) is 13.1 Å². The smallest absolute Gasteiger partial charge is 0.137 e. The van der Waals surface area contributed by atoms with Gasteiger partial charge in [0.15, 0.2) is 0 Å². The van der Waals surface area contributed by atoms with Crippen molar-refractivity contribution in [3.8, 4) is 0 Å². The maximum absolute atomic E-state index is 13.1. The Bertz CT molecular complexity index is 391. The van der Waals surface area contributed by atoms with Gasteiger partial charge in [-0.05, 0) is 72.5 Å². The van der Waals surface area contributed by atoms with E-state index >= 15 is 0 Å². The van der Waals surface area contributed by atoms with E-state index in [1.807, 2.05) is 12.1 Å². The Balaban J connectivity index is 1.85. The maximum Gasteiger partial charge on any atom is 0.137 e. The Labute approximate surface area is 117 Å². The topological polar surface area (TPSA) is 15.3 Å². The van der Waals surface area contributed by atoms with Crippen LogP contribution in [0.4, 0.5) is 4.39 Å². The van der Waals surface area contributed by atoms with E-state index in [0.29, 0.717) is 4.47 Å². The van der Waals surface area contributed by atoms with E-state index in [1.165, 1.54) is 18.9 Å². The summed E-state index contributed by atoms with van der Waals surface area (Å²) in [6.07, 6.45) is 2.52. The molecule has 0 atom stereocenters. The molecule has 0 spiro atoms. The number of nitrogens with zero attached hydrogens (tertiary/aromatic N) is 1. The van der Waals surface area contributed by atoms with Crippen LogP contribution in [0.1, 0.15) is 18.4 Å². The predicted molar refractivity (Wildman–Crippen MR) is 76.0 cm³/mol. The van der Waals surface area contributed by atoms with Gasteiger partial charge < -0.3 is 10.2 Å². The van der Waals surface area contributed by atoms with Crippen molar-refractivity contribution in [1.29, 1.82) is 0 Å². The Morgan fingerprint density at radius 2 is 2.11 bits per heavy atom. The Morgan fingerprint density at radius 1 is 1.39 bits per heavy atom. The fraction of sp³-hybridized carbons (Fsp3) is 0.571. The average molecular weight is 315 g/mol. The lowest BCUT2D eigenvalue weighted by Gasteiger charge is -2.27. The fourth-order valence-corrected chi connectivity index (χ4v) is 2.95. The van der Waals surface area contributed by atoms with Gasteiger partial charge >= 0.3 is 0 Å². The Hall–Kier alpha value is -0.450. The summed E-state index contributed by atoms with van der Waals surface area (Å²) in [5, 5.41) is 3.38. The monoisotopic (exact) mass is 314 g/mol. The zero-order valence-corrected chi connectivity index (χ0v) is 12.3. The molecule has 0 aromatic heterocycles. The summed E-state index contributed by atoms with van der Waals surface area (Å²) >= 11 is 3.23. The SMILES string of the molecule is CN(Cc1ccc(F)c(Br)c1)CC1CCNCC1. The van der Waals surface area contributed by atoms with E-state index in [-0.39, 0.29) is 5.82 Å². The first-order chi connectivity index (χ1) is 8.65. The molecule has 1 saturated heterocycles. The van der Waals surface area contributed by atoms with Crippen LogP contribution in [0.5, 0.6) is 0 Å². The highest BCUT2D eigenvalue weighted by Gasteiger charge is 2.15. The highest BCUT2D eigenvalue weighted by atomic mass is 79.9. The van der Waals surface area contributed by atoms with Crippen molar-refractivity contribution in [2.24, 2.45) is 5.92 Å². The zero-order chi connectivity index (χ0) is 13.0. The van der Waals surface area contributed by atoms with Gasteiger partial charge in [-0.1, -0.05) is 6.07 Å². The van der Waals surface area contributed by atoms with Gasteiger partial charge in [0.05, 0.1) is 4.47 Å². The molecule has 1 aromatic carbocycles. The summed E-state index contributed by atoms with van der Waals surface area (Å²) in [7, 11) is 2.14. The van der Waals surface area contributed by atoms with E-state index in [2.05, 4.69) is 33.2 Å². The Kier molecular flexibility index (Phi) is 5.15. The number of benzene rings is 1. The first kappa shape index (κ1) is 14.0. The third-order valence-corrected chi connectivity index (χ3v) is 4.07. The van der Waals surface area contributed by atoms with Crippen molar-refractivity contribution in [2.75, 3.05) is 26.7 Å². The molecule has 0 aliphatic carbocycles. The van der Waals surface area contributed by atoms with Crippen molar-refractivity contribution in [3.63, 3.8) is 0 Å². The number of piperidine rings is 1. The van der Waals surface area contributed by atoms with Gasteiger partial charge in [-0.15, -0.1) is 0 Å². The molecule has 100 valence electrons. The van der Waals surface area contributed by atoms with Crippen LogP contribution in [-0.4, -0.2) is 31.6 Å². The molecule has 4 heteroatoms. The van der Waals surface area contributed by atoms with Crippen molar-refractivity contribution in [1.82, 2.24) is 10.2 Å². The van der Waals surface area contributed by atoms with Gasteiger partial charge in [-0.2, -0.15) is 0 Å². The third kappa shape index (κ3) is 4.04. The summed E-state index contributed by atoms with van der Waals surface area (Å²) in [5.74, 6) is 0.597. The summed E-state index contributed by atoms with van der Waals surface area (Å²) in [6, 6.07) is 5.26. The van der Waals surface area contributed by atoms with Gasteiger partial charge in [0.2, 0.25) is 0 Å². The summed E-state index contributed by atoms with van der Waals surface area (Å²) in [6.45, 7) is 4.28.